The van der Waals surface area contributed by atoms with Crippen molar-refractivity contribution in [3.63, 3.8) is 0 Å². The van der Waals surface area contributed by atoms with E-state index in [0.717, 1.165) is 24.0 Å². The van der Waals surface area contributed by atoms with E-state index in [4.69, 9.17) is 5.73 Å². The van der Waals surface area contributed by atoms with Gasteiger partial charge in [-0.1, -0.05) is 12.1 Å². The van der Waals surface area contributed by atoms with Gasteiger partial charge in [-0.05, 0) is 43.9 Å². The summed E-state index contributed by atoms with van der Waals surface area (Å²) >= 11 is 0. The minimum atomic E-state index is -0.123. The number of rotatable bonds is 3. The number of aryl methyl sites for hydroxylation is 1. The van der Waals surface area contributed by atoms with Crippen LogP contribution in [0, 0.1) is 12.7 Å². The number of hydrogen-bond donors (Lipinski definition) is 1. The molecule has 0 saturated heterocycles. The first-order valence-electron chi connectivity index (χ1n) is 4.61. The summed E-state index contributed by atoms with van der Waals surface area (Å²) in [5, 5.41) is 0. The zero-order valence-electron chi connectivity index (χ0n) is 8.18. The summed E-state index contributed by atoms with van der Waals surface area (Å²) < 4.78 is 13.1. The van der Waals surface area contributed by atoms with Gasteiger partial charge in [0.25, 0.3) is 0 Å². The van der Waals surface area contributed by atoms with Crippen molar-refractivity contribution < 1.29 is 4.39 Å². The van der Waals surface area contributed by atoms with Crippen molar-refractivity contribution in [1.29, 1.82) is 0 Å². The molecular formula is C11H16FN. The molecule has 0 aliphatic rings. The van der Waals surface area contributed by atoms with Crippen LogP contribution in [-0.2, 0) is 6.42 Å². The third-order valence-corrected chi connectivity index (χ3v) is 2.25. The lowest BCUT2D eigenvalue weighted by Crippen LogP contribution is -2.15. The average molecular weight is 181 g/mol. The lowest BCUT2D eigenvalue weighted by molar-refractivity contribution is 0.609. The highest BCUT2D eigenvalue weighted by atomic mass is 19.1. The molecule has 1 nitrogen and oxygen atoms in total. The Balaban J connectivity index is 2.71. The van der Waals surface area contributed by atoms with Crippen molar-refractivity contribution in [2.75, 3.05) is 0 Å². The summed E-state index contributed by atoms with van der Waals surface area (Å²) in [6.07, 6.45) is 1.77. The van der Waals surface area contributed by atoms with E-state index in [0.29, 0.717) is 0 Å². The van der Waals surface area contributed by atoms with Gasteiger partial charge in [0.15, 0.2) is 0 Å². The van der Waals surface area contributed by atoms with Crippen LogP contribution in [0.4, 0.5) is 4.39 Å². The highest BCUT2D eigenvalue weighted by molar-refractivity contribution is 5.27. The van der Waals surface area contributed by atoms with Gasteiger partial charge in [0.2, 0.25) is 0 Å². The molecule has 0 bridgehead atoms. The Kier molecular flexibility index (Phi) is 3.43. The van der Waals surface area contributed by atoms with Crippen LogP contribution in [0.5, 0.6) is 0 Å². The quantitative estimate of drug-likeness (QED) is 0.761. The molecule has 2 heteroatoms. The van der Waals surface area contributed by atoms with Crippen LogP contribution < -0.4 is 5.73 Å². The second-order valence-corrected chi connectivity index (χ2v) is 3.54. The van der Waals surface area contributed by atoms with E-state index in [1.807, 2.05) is 19.9 Å². The first-order valence-corrected chi connectivity index (χ1v) is 4.61. The summed E-state index contributed by atoms with van der Waals surface area (Å²) in [4.78, 5) is 0. The lowest BCUT2D eigenvalue weighted by Gasteiger charge is -2.08. The Morgan fingerprint density at radius 3 is 2.77 bits per heavy atom. The molecule has 2 N–H and O–H groups in total. The standard InChI is InChI=1S/C11H16FN/c1-8(13)6-7-10-4-3-5-11(12)9(10)2/h3-5,8H,6-7,13H2,1-2H3/t8-/m0/s1. The molecule has 0 aliphatic carbocycles. The van der Waals surface area contributed by atoms with Crippen LogP contribution in [0.2, 0.25) is 0 Å². The van der Waals surface area contributed by atoms with Gasteiger partial charge in [-0.2, -0.15) is 0 Å². The summed E-state index contributed by atoms with van der Waals surface area (Å²) in [7, 11) is 0. The summed E-state index contributed by atoms with van der Waals surface area (Å²) in [6, 6.07) is 5.38. The molecule has 0 aromatic heterocycles. The van der Waals surface area contributed by atoms with Gasteiger partial charge in [-0.25, -0.2) is 4.39 Å². The fourth-order valence-corrected chi connectivity index (χ4v) is 1.31. The Morgan fingerprint density at radius 1 is 1.46 bits per heavy atom. The van der Waals surface area contributed by atoms with E-state index < -0.39 is 0 Å². The molecule has 0 heterocycles. The fraction of sp³-hybridized carbons (Fsp3) is 0.455. The smallest absolute Gasteiger partial charge is 0.126 e. The minimum absolute atomic E-state index is 0.123. The average Bonchev–Trinajstić information content (AvgIpc) is 2.07. The van der Waals surface area contributed by atoms with Crippen LogP contribution in [0.25, 0.3) is 0 Å². The molecule has 1 aromatic carbocycles. The van der Waals surface area contributed by atoms with Crippen molar-refractivity contribution in [3.05, 3.63) is 35.1 Å². The zero-order chi connectivity index (χ0) is 9.84. The summed E-state index contributed by atoms with van der Waals surface area (Å²) in [5.41, 5.74) is 7.45. The van der Waals surface area contributed by atoms with Gasteiger partial charge >= 0.3 is 0 Å². The Labute approximate surface area is 78.8 Å². The monoisotopic (exact) mass is 181 g/mol. The van der Waals surface area contributed by atoms with E-state index in [1.165, 1.54) is 6.07 Å². The van der Waals surface area contributed by atoms with Gasteiger partial charge in [0, 0.05) is 6.04 Å². The first kappa shape index (κ1) is 10.2. The van der Waals surface area contributed by atoms with Crippen molar-refractivity contribution >= 4 is 0 Å². The predicted octanol–water partition coefficient (Wildman–Crippen LogP) is 2.41. The minimum Gasteiger partial charge on any atom is -0.328 e. The molecule has 0 saturated carbocycles. The third-order valence-electron chi connectivity index (χ3n) is 2.25. The molecule has 0 amide bonds. The maximum absolute atomic E-state index is 13.1. The highest BCUT2D eigenvalue weighted by Crippen LogP contribution is 2.14. The topological polar surface area (TPSA) is 26.0 Å². The van der Waals surface area contributed by atoms with Crippen molar-refractivity contribution in [3.8, 4) is 0 Å². The van der Waals surface area contributed by atoms with Crippen molar-refractivity contribution in [1.82, 2.24) is 0 Å². The molecule has 0 aliphatic heterocycles. The second kappa shape index (κ2) is 4.38. The van der Waals surface area contributed by atoms with E-state index >= 15 is 0 Å². The molecule has 0 unspecified atom stereocenters. The number of halogens is 1. The van der Waals surface area contributed by atoms with Crippen LogP contribution in [0.3, 0.4) is 0 Å². The third kappa shape index (κ3) is 2.81. The normalized spacial score (nSPS) is 12.9. The van der Waals surface area contributed by atoms with E-state index in [9.17, 15) is 4.39 Å². The molecule has 1 aromatic rings. The molecule has 13 heavy (non-hydrogen) atoms. The largest absolute Gasteiger partial charge is 0.328 e. The molecular weight excluding hydrogens is 165 g/mol. The van der Waals surface area contributed by atoms with Gasteiger partial charge in [-0.3, -0.25) is 0 Å². The van der Waals surface area contributed by atoms with Crippen LogP contribution in [0.1, 0.15) is 24.5 Å². The van der Waals surface area contributed by atoms with Gasteiger partial charge in [0.05, 0.1) is 0 Å². The predicted molar refractivity (Wildman–Crippen MR) is 53.1 cm³/mol. The maximum atomic E-state index is 13.1. The molecule has 0 fully saturated rings. The van der Waals surface area contributed by atoms with Gasteiger partial charge in [-0.15, -0.1) is 0 Å². The van der Waals surface area contributed by atoms with Crippen molar-refractivity contribution in [2.24, 2.45) is 5.73 Å². The van der Waals surface area contributed by atoms with Crippen LogP contribution in [-0.4, -0.2) is 6.04 Å². The number of benzene rings is 1. The highest BCUT2D eigenvalue weighted by Gasteiger charge is 2.03. The van der Waals surface area contributed by atoms with E-state index in [1.54, 1.807) is 6.07 Å². The molecule has 1 atom stereocenters. The van der Waals surface area contributed by atoms with Gasteiger partial charge < -0.3 is 5.73 Å². The summed E-state index contributed by atoms with van der Waals surface area (Å²) in [6.45, 7) is 3.78. The van der Waals surface area contributed by atoms with Crippen LogP contribution >= 0.6 is 0 Å². The fourth-order valence-electron chi connectivity index (χ4n) is 1.31. The number of hydrogen-bond acceptors (Lipinski definition) is 1. The van der Waals surface area contributed by atoms with Gasteiger partial charge in [0.1, 0.15) is 5.82 Å². The second-order valence-electron chi connectivity index (χ2n) is 3.54. The molecule has 1 rings (SSSR count). The number of nitrogens with two attached hydrogens (primary N) is 1. The first-order chi connectivity index (χ1) is 6.11. The van der Waals surface area contributed by atoms with E-state index in [-0.39, 0.29) is 11.9 Å². The summed E-state index contributed by atoms with van der Waals surface area (Å²) in [5.74, 6) is -0.123. The Morgan fingerprint density at radius 2 is 2.15 bits per heavy atom. The molecule has 72 valence electrons. The molecule has 0 radical (unpaired) electrons. The van der Waals surface area contributed by atoms with E-state index in [2.05, 4.69) is 0 Å². The SMILES string of the molecule is Cc1c(F)cccc1CC[C@H](C)N. The zero-order valence-corrected chi connectivity index (χ0v) is 8.18. The van der Waals surface area contributed by atoms with Crippen molar-refractivity contribution in [2.45, 2.75) is 32.7 Å². The Bertz CT molecular complexity index is 281. The van der Waals surface area contributed by atoms with Crippen LogP contribution in [0.15, 0.2) is 18.2 Å². The Hall–Kier alpha value is -0.890. The lowest BCUT2D eigenvalue weighted by atomic mass is 10.0. The molecule has 0 spiro atoms. The maximum Gasteiger partial charge on any atom is 0.126 e.